The number of halogens is 2. The van der Waals surface area contributed by atoms with Crippen LogP contribution in [0.1, 0.15) is 55.0 Å². The van der Waals surface area contributed by atoms with E-state index in [0.717, 1.165) is 54.5 Å². The lowest BCUT2D eigenvalue weighted by atomic mass is 9.87. The first-order valence-electron chi connectivity index (χ1n) is 13.2. The Morgan fingerprint density at radius 2 is 1.73 bits per heavy atom. The van der Waals surface area contributed by atoms with Crippen molar-refractivity contribution < 1.29 is 0 Å². The summed E-state index contributed by atoms with van der Waals surface area (Å²) < 4.78 is 0. The molecule has 4 heteroatoms. The summed E-state index contributed by atoms with van der Waals surface area (Å²) in [6.07, 6.45) is 7.56. The Labute approximate surface area is 230 Å². The lowest BCUT2D eigenvalue weighted by Gasteiger charge is -2.33. The van der Waals surface area contributed by atoms with E-state index in [1.807, 2.05) is 24.4 Å². The molecule has 1 N–H and O–H groups in total. The minimum absolute atomic E-state index is 0.729. The highest BCUT2D eigenvalue weighted by molar-refractivity contribution is 6.33. The van der Waals surface area contributed by atoms with Gasteiger partial charge in [0.1, 0.15) is 0 Å². The van der Waals surface area contributed by atoms with Gasteiger partial charge in [0.15, 0.2) is 0 Å². The Hall–Kier alpha value is -2.78. The third-order valence-electron chi connectivity index (χ3n) is 7.67. The molecule has 1 aromatic heterocycles. The van der Waals surface area contributed by atoms with E-state index in [1.165, 1.54) is 49.9 Å². The lowest BCUT2D eigenvalue weighted by molar-refractivity contribution is 0.278. The minimum atomic E-state index is 0.729. The summed E-state index contributed by atoms with van der Waals surface area (Å²) in [4.78, 5) is 5.81. The molecule has 0 radical (unpaired) electrons. The van der Waals surface area contributed by atoms with Gasteiger partial charge in [0.05, 0.1) is 0 Å². The van der Waals surface area contributed by atoms with Crippen molar-refractivity contribution in [2.75, 3.05) is 13.1 Å². The Morgan fingerprint density at radius 1 is 0.946 bits per heavy atom. The number of nitrogens with zero attached hydrogens (tertiary/aromatic N) is 1. The van der Waals surface area contributed by atoms with E-state index >= 15 is 0 Å². The van der Waals surface area contributed by atoms with Gasteiger partial charge in [0, 0.05) is 41.4 Å². The number of benzene rings is 3. The molecule has 0 spiro atoms. The number of aromatic nitrogens is 1. The fourth-order valence-corrected chi connectivity index (χ4v) is 5.87. The second-order valence-electron chi connectivity index (χ2n) is 9.95. The third-order valence-corrected chi connectivity index (χ3v) is 8.28. The first-order valence-corrected chi connectivity index (χ1v) is 14.0. The zero-order valence-corrected chi connectivity index (χ0v) is 23.4. The molecule has 0 amide bonds. The summed E-state index contributed by atoms with van der Waals surface area (Å²) in [6.45, 7) is 9.43. The standard InChI is InChI=1S/C33H34Cl2N2/c1-4-23-7-6-8-24(5-2)30(23)19-26-14-16-37(20-28-18-29(34)10-11-32(28)35)21-31(26)22(3)25-9-12-33-27(17-25)13-15-36-33/h6-13,15,17-19,36H,4-5,14,16,20-21H2,1-3H3/b26-19-,31-22+. The number of hydrogen-bond donors (Lipinski definition) is 1. The molecule has 2 heterocycles. The summed E-state index contributed by atoms with van der Waals surface area (Å²) >= 11 is 12.9. The van der Waals surface area contributed by atoms with Gasteiger partial charge in [-0.2, -0.15) is 0 Å². The number of rotatable bonds is 6. The highest BCUT2D eigenvalue weighted by Gasteiger charge is 2.23. The fourth-order valence-electron chi connectivity index (χ4n) is 5.50. The summed E-state index contributed by atoms with van der Waals surface area (Å²) in [5.41, 5.74) is 12.0. The lowest BCUT2D eigenvalue weighted by Crippen LogP contribution is -2.32. The summed E-state index contributed by atoms with van der Waals surface area (Å²) in [7, 11) is 0. The number of aryl methyl sites for hydroxylation is 2. The van der Waals surface area contributed by atoms with E-state index in [1.54, 1.807) is 0 Å². The van der Waals surface area contributed by atoms with Crippen molar-refractivity contribution in [3.05, 3.63) is 116 Å². The predicted molar refractivity (Wildman–Crippen MR) is 160 cm³/mol. The van der Waals surface area contributed by atoms with Crippen LogP contribution in [0.25, 0.3) is 22.6 Å². The zero-order valence-electron chi connectivity index (χ0n) is 21.9. The predicted octanol–water partition coefficient (Wildman–Crippen LogP) is 9.36. The van der Waals surface area contributed by atoms with E-state index in [9.17, 15) is 0 Å². The molecule has 37 heavy (non-hydrogen) atoms. The maximum atomic E-state index is 6.55. The van der Waals surface area contributed by atoms with Crippen molar-refractivity contribution in [3.8, 4) is 0 Å². The van der Waals surface area contributed by atoms with Gasteiger partial charge in [0.2, 0.25) is 0 Å². The number of nitrogens with one attached hydrogen (secondary N) is 1. The second-order valence-corrected chi connectivity index (χ2v) is 10.8. The molecule has 190 valence electrons. The Morgan fingerprint density at radius 3 is 2.49 bits per heavy atom. The number of aromatic amines is 1. The molecule has 0 bridgehead atoms. The van der Waals surface area contributed by atoms with Gasteiger partial charge in [0.25, 0.3) is 0 Å². The van der Waals surface area contributed by atoms with Gasteiger partial charge in [-0.25, -0.2) is 0 Å². The molecular weight excluding hydrogens is 495 g/mol. The Kier molecular flexibility index (Phi) is 7.90. The van der Waals surface area contributed by atoms with Crippen molar-refractivity contribution in [1.29, 1.82) is 0 Å². The Bertz CT molecular complexity index is 1470. The molecule has 4 aromatic rings. The topological polar surface area (TPSA) is 19.0 Å². The molecule has 3 aromatic carbocycles. The first-order chi connectivity index (χ1) is 18.0. The van der Waals surface area contributed by atoms with Gasteiger partial charge >= 0.3 is 0 Å². The Balaban J connectivity index is 1.58. The molecule has 1 fully saturated rings. The molecule has 1 aliphatic heterocycles. The van der Waals surface area contributed by atoms with Crippen molar-refractivity contribution in [2.24, 2.45) is 0 Å². The van der Waals surface area contributed by atoms with Crippen LogP contribution in [0.2, 0.25) is 10.0 Å². The molecule has 0 aliphatic carbocycles. The van der Waals surface area contributed by atoms with Crippen LogP contribution in [0.15, 0.2) is 78.0 Å². The summed E-state index contributed by atoms with van der Waals surface area (Å²) in [5, 5.41) is 2.74. The van der Waals surface area contributed by atoms with E-state index in [2.05, 4.69) is 79.2 Å². The van der Waals surface area contributed by atoms with Crippen molar-refractivity contribution in [3.63, 3.8) is 0 Å². The third kappa shape index (κ3) is 5.57. The summed E-state index contributed by atoms with van der Waals surface area (Å²) in [6, 6.07) is 21.4. The quantitative estimate of drug-likeness (QED) is 0.264. The number of piperidine rings is 1. The van der Waals surface area contributed by atoms with Gasteiger partial charge in [-0.3, -0.25) is 4.90 Å². The molecule has 0 unspecified atom stereocenters. The van der Waals surface area contributed by atoms with Gasteiger partial charge in [-0.15, -0.1) is 0 Å². The number of likely N-dealkylation sites (tertiary alicyclic amines) is 1. The van der Waals surface area contributed by atoms with Crippen LogP contribution in [-0.2, 0) is 19.4 Å². The van der Waals surface area contributed by atoms with Crippen LogP contribution in [0.5, 0.6) is 0 Å². The minimum Gasteiger partial charge on any atom is -0.361 e. The first kappa shape index (κ1) is 25.9. The van der Waals surface area contributed by atoms with Crippen LogP contribution >= 0.6 is 23.2 Å². The largest absolute Gasteiger partial charge is 0.361 e. The molecule has 1 saturated heterocycles. The number of hydrogen-bond acceptors (Lipinski definition) is 1. The monoisotopic (exact) mass is 528 g/mol. The van der Waals surface area contributed by atoms with E-state index in [4.69, 9.17) is 23.2 Å². The normalized spacial score (nSPS) is 17.1. The smallest absolute Gasteiger partial charge is 0.0454 e. The fraction of sp³-hybridized carbons (Fsp3) is 0.273. The average Bonchev–Trinajstić information content (AvgIpc) is 3.39. The SMILES string of the molecule is CCc1cccc(CC)c1/C=C1/CCN(Cc2cc(Cl)ccc2Cl)C/C1=C(/C)c1ccc2[nH]ccc2c1. The van der Waals surface area contributed by atoms with Gasteiger partial charge in [-0.1, -0.05) is 67.4 Å². The van der Waals surface area contributed by atoms with Gasteiger partial charge < -0.3 is 4.98 Å². The molecule has 0 atom stereocenters. The van der Waals surface area contributed by atoms with E-state index < -0.39 is 0 Å². The highest BCUT2D eigenvalue weighted by atomic mass is 35.5. The maximum Gasteiger partial charge on any atom is 0.0454 e. The van der Waals surface area contributed by atoms with Crippen molar-refractivity contribution >= 4 is 45.8 Å². The maximum absolute atomic E-state index is 6.55. The molecule has 2 nitrogen and oxygen atoms in total. The van der Waals surface area contributed by atoms with Crippen LogP contribution in [0.4, 0.5) is 0 Å². The van der Waals surface area contributed by atoms with E-state index in [-0.39, 0.29) is 0 Å². The van der Waals surface area contributed by atoms with Crippen LogP contribution in [0, 0.1) is 0 Å². The van der Waals surface area contributed by atoms with E-state index in [0.29, 0.717) is 0 Å². The van der Waals surface area contributed by atoms with Crippen molar-refractivity contribution in [1.82, 2.24) is 9.88 Å². The molecule has 1 aliphatic rings. The number of fused-ring (bicyclic) bond motifs is 1. The van der Waals surface area contributed by atoms with Gasteiger partial charge in [-0.05, 0) is 113 Å². The highest BCUT2D eigenvalue weighted by Crippen LogP contribution is 2.35. The summed E-state index contributed by atoms with van der Waals surface area (Å²) in [5.74, 6) is 0. The zero-order chi connectivity index (χ0) is 25.9. The average molecular weight is 530 g/mol. The van der Waals surface area contributed by atoms with Crippen LogP contribution in [0.3, 0.4) is 0 Å². The van der Waals surface area contributed by atoms with Crippen LogP contribution < -0.4 is 0 Å². The molecule has 0 saturated carbocycles. The second kappa shape index (κ2) is 11.3. The van der Waals surface area contributed by atoms with Crippen LogP contribution in [-0.4, -0.2) is 23.0 Å². The molecule has 5 rings (SSSR count). The number of allylic oxidation sites excluding steroid dienone is 1. The molecular formula is C33H34Cl2N2. The van der Waals surface area contributed by atoms with Crippen molar-refractivity contribution in [2.45, 2.75) is 46.6 Å². The number of H-pyrrole nitrogens is 1.